The molecular weight excluding hydrogens is 332 g/mol. The average Bonchev–Trinajstić information content (AvgIpc) is 3.14. The highest BCUT2D eigenvalue weighted by Crippen LogP contribution is 2.35. The van der Waals surface area contributed by atoms with E-state index in [9.17, 15) is 14.9 Å². The Hall–Kier alpha value is -2.41. The summed E-state index contributed by atoms with van der Waals surface area (Å²) in [7, 11) is 1.87. The van der Waals surface area contributed by atoms with Crippen molar-refractivity contribution < 1.29 is 9.72 Å². The number of hydrogen-bond donors (Lipinski definition) is 0. The highest BCUT2D eigenvalue weighted by molar-refractivity contribution is 6.33. The molecule has 0 bridgehead atoms. The maximum atomic E-state index is 12.9. The van der Waals surface area contributed by atoms with Crippen LogP contribution >= 0.6 is 11.6 Å². The lowest BCUT2D eigenvalue weighted by molar-refractivity contribution is -0.384. The molecule has 0 unspecified atom stereocenters. The standard InChI is InChI=1S/C16H17ClN4O3/c1-10-12(9-18-19(10)2)14-4-3-7-20(14)16(22)11-5-6-15(21(23)24)13(17)8-11/h5-6,8-9,14H,3-4,7H2,1-2H3/t14-/m1/s1. The van der Waals surface area contributed by atoms with Gasteiger partial charge in [-0.1, -0.05) is 11.6 Å². The van der Waals surface area contributed by atoms with E-state index in [1.54, 1.807) is 15.8 Å². The summed E-state index contributed by atoms with van der Waals surface area (Å²) < 4.78 is 1.79. The number of nitro groups is 1. The Morgan fingerprint density at radius 3 is 2.79 bits per heavy atom. The normalized spacial score (nSPS) is 17.3. The van der Waals surface area contributed by atoms with Crippen molar-refractivity contribution in [3.05, 3.63) is 56.4 Å². The van der Waals surface area contributed by atoms with Gasteiger partial charge in [0.1, 0.15) is 5.02 Å². The predicted molar refractivity (Wildman–Crippen MR) is 89.1 cm³/mol. The fourth-order valence-electron chi connectivity index (χ4n) is 3.13. The number of rotatable bonds is 3. The van der Waals surface area contributed by atoms with Crippen molar-refractivity contribution in [2.24, 2.45) is 7.05 Å². The topological polar surface area (TPSA) is 81.3 Å². The molecule has 1 aliphatic rings. The third-order valence-electron chi connectivity index (χ3n) is 4.54. The molecule has 1 aromatic carbocycles. The van der Waals surface area contributed by atoms with E-state index < -0.39 is 4.92 Å². The van der Waals surface area contributed by atoms with Crippen molar-refractivity contribution in [1.82, 2.24) is 14.7 Å². The number of halogens is 1. The van der Waals surface area contributed by atoms with Crippen LogP contribution in [0, 0.1) is 17.0 Å². The van der Waals surface area contributed by atoms with E-state index in [-0.39, 0.29) is 22.7 Å². The first-order valence-corrected chi connectivity index (χ1v) is 8.01. The van der Waals surface area contributed by atoms with E-state index in [2.05, 4.69) is 5.10 Å². The number of nitro benzene ring substituents is 1. The number of benzene rings is 1. The summed E-state index contributed by atoms with van der Waals surface area (Å²) in [6.45, 7) is 2.62. The fraction of sp³-hybridized carbons (Fsp3) is 0.375. The molecule has 24 heavy (non-hydrogen) atoms. The third-order valence-corrected chi connectivity index (χ3v) is 4.84. The molecule has 1 aromatic heterocycles. The molecule has 1 saturated heterocycles. The molecule has 1 amide bonds. The monoisotopic (exact) mass is 348 g/mol. The van der Waals surface area contributed by atoms with E-state index >= 15 is 0 Å². The summed E-state index contributed by atoms with van der Waals surface area (Å²) in [5.41, 5.74) is 2.23. The molecule has 7 nitrogen and oxygen atoms in total. The molecule has 0 aliphatic carbocycles. The van der Waals surface area contributed by atoms with Crippen LogP contribution in [0.1, 0.15) is 40.5 Å². The highest BCUT2D eigenvalue weighted by atomic mass is 35.5. The molecule has 0 saturated carbocycles. The fourth-order valence-corrected chi connectivity index (χ4v) is 3.38. The summed E-state index contributed by atoms with van der Waals surface area (Å²) in [4.78, 5) is 24.9. The van der Waals surface area contributed by atoms with Gasteiger partial charge in [0.15, 0.2) is 0 Å². The Morgan fingerprint density at radius 2 is 2.21 bits per heavy atom. The second-order valence-electron chi connectivity index (χ2n) is 5.89. The van der Waals surface area contributed by atoms with Crippen molar-refractivity contribution in [1.29, 1.82) is 0 Å². The van der Waals surface area contributed by atoms with Crippen LogP contribution in [0.15, 0.2) is 24.4 Å². The molecule has 8 heteroatoms. The van der Waals surface area contributed by atoms with Crippen molar-refractivity contribution in [3.8, 4) is 0 Å². The zero-order valence-corrected chi connectivity index (χ0v) is 14.2. The lowest BCUT2D eigenvalue weighted by Gasteiger charge is -2.25. The number of aryl methyl sites for hydroxylation is 1. The van der Waals surface area contributed by atoms with Gasteiger partial charge in [0.2, 0.25) is 0 Å². The second-order valence-corrected chi connectivity index (χ2v) is 6.30. The Morgan fingerprint density at radius 1 is 1.46 bits per heavy atom. The number of aromatic nitrogens is 2. The molecule has 126 valence electrons. The van der Waals surface area contributed by atoms with E-state index in [0.717, 1.165) is 24.1 Å². The van der Waals surface area contributed by atoms with Gasteiger partial charge in [-0.05, 0) is 31.9 Å². The molecule has 0 N–H and O–H groups in total. The van der Waals surface area contributed by atoms with Gasteiger partial charge in [0.05, 0.1) is 17.2 Å². The SMILES string of the molecule is Cc1c([C@H]2CCCN2C(=O)c2ccc([N+](=O)[O-])c(Cl)c2)cnn1C. The summed E-state index contributed by atoms with van der Waals surface area (Å²) in [6, 6.07) is 4.07. The maximum Gasteiger partial charge on any atom is 0.287 e. The molecule has 0 spiro atoms. The minimum atomic E-state index is -0.561. The first kappa shape index (κ1) is 16.4. The first-order chi connectivity index (χ1) is 11.4. The molecule has 2 aromatic rings. The summed E-state index contributed by atoms with van der Waals surface area (Å²) in [6.07, 6.45) is 3.58. The smallest absolute Gasteiger partial charge is 0.287 e. The van der Waals surface area contributed by atoms with Crippen LogP contribution < -0.4 is 0 Å². The molecule has 0 radical (unpaired) electrons. The Bertz CT molecular complexity index is 818. The van der Waals surface area contributed by atoms with Gasteiger partial charge < -0.3 is 4.90 Å². The van der Waals surface area contributed by atoms with Crippen molar-refractivity contribution in [2.45, 2.75) is 25.8 Å². The molecule has 1 fully saturated rings. The van der Waals surface area contributed by atoms with Crippen molar-refractivity contribution in [2.75, 3.05) is 6.54 Å². The van der Waals surface area contributed by atoms with Gasteiger partial charge in [-0.3, -0.25) is 19.6 Å². The van der Waals surface area contributed by atoms with Gasteiger partial charge in [0, 0.05) is 36.5 Å². The zero-order valence-electron chi connectivity index (χ0n) is 13.4. The van der Waals surface area contributed by atoms with E-state index in [1.807, 2.05) is 14.0 Å². The second kappa shape index (κ2) is 6.24. The van der Waals surface area contributed by atoms with Crippen LogP contribution in [-0.2, 0) is 7.05 Å². The lowest BCUT2D eigenvalue weighted by atomic mass is 10.0. The first-order valence-electron chi connectivity index (χ1n) is 7.63. The van der Waals surface area contributed by atoms with E-state index in [0.29, 0.717) is 12.1 Å². The lowest BCUT2D eigenvalue weighted by Crippen LogP contribution is -2.30. The third kappa shape index (κ3) is 2.75. The molecule has 2 heterocycles. The molecular formula is C16H17ClN4O3. The molecule has 1 aliphatic heterocycles. The molecule has 1 atom stereocenters. The minimum absolute atomic E-state index is 0.0276. The van der Waals surface area contributed by atoms with Gasteiger partial charge >= 0.3 is 0 Å². The van der Waals surface area contributed by atoms with Gasteiger partial charge in [-0.2, -0.15) is 5.10 Å². The van der Waals surface area contributed by atoms with Gasteiger partial charge in [-0.15, -0.1) is 0 Å². The van der Waals surface area contributed by atoms with Crippen molar-refractivity contribution >= 4 is 23.2 Å². The van der Waals surface area contributed by atoms with Gasteiger partial charge in [-0.25, -0.2) is 0 Å². The summed E-state index contributed by atoms with van der Waals surface area (Å²) in [5, 5.41) is 15.1. The van der Waals surface area contributed by atoms with Crippen LogP contribution in [0.5, 0.6) is 0 Å². The van der Waals surface area contributed by atoms with E-state index in [1.165, 1.54) is 18.2 Å². The predicted octanol–water partition coefficient (Wildman–Crippen LogP) is 3.27. The van der Waals surface area contributed by atoms with Gasteiger partial charge in [0.25, 0.3) is 11.6 Å². The van der Waals surface area contributed by atoms with Crippen LogP contribution in [-0.4, -0.2) is 32.1 Å². The van der Waals surface area contributed by atoms with Crippen LogP contribution in [0.25, 0.3) is 0 Å². The number of likely N-dealkylation sites (tertiary alicyclic amines) is 1. The number of hydrogen-bond acceptors (Lipinski definition) is 4. The summed E-state index contributed by atoms with van der Waals surface area (Å²) >= 11 is 5.93. The van der Waals surface area contributed by atoms with E-state index in [4.69, 9.17) is 11.6 Å². The number of carbonyl (C=O) groups is 1. The highest BCUT2D eigenvalue weighted by Gasteiger charge is 2.33. The Kier molecular flexibility index (Phi) is 4.28. The summed E-state index contributed by atoms with van der Waals surface area (Å²) in [5.74, 6) is -0.169. The number of amides is 1. The Balaban J connectivity index is 1.90. The number of nitrogens with zero attached hydrogens (tertiary/aromatic N) is 4. The van der Waals surface area contributed by atoms with Crippen LogP contribution in [0.3, 0.4) is 0 Å². The van der Waals surface area contributed by atoms with Crippen LogP contribution in [0.2, 0.25) is 5.02 Å². The number of carbonyl (C=O) groups excluding carboxylic acids is 1. The maximum absolute atomic E-state index is 12.9. The zero-order chi connectivity index (χ0) is 17.4. The average molecular weight is 349 g/mol. The largest absolute Gasteiger partial charge is 0.331 e. The quantitative estimate of drug-likeness (QED) is 0.629. The minimum Gasteiger partial charge on any atom is -0.331 e. The van der Waals surface area contributed by atoms with Crippen LogP contribution in [0.4, 0.5) is 5.69 Å². The van der Waals surface area contributed by atoms with Crippen molar-refractivity contribution in [3.63, 3.8) is 0 Å². The Labute approximate surface area is 144 Å². The molecule has 3 rings (SSSR count).